The first kappa shape index (κ1) is 14.3. The molecule has 2 amide bonds. The van der Waals surface area contributed by atoms with Crippen LogP contribution in [0.25, 0.3) is 0 Å². The lowest BCUT2D eigenvalue weighted by Gasteiger charge is -2.15. The van der Waals surface area contributed by atoms with Crippen LogP contribution in [-0.2, 0) is 0 Å². The Kier molecular flexibility index (Phi) is 6.00. The van der Waals surface area contributed by atoms with Crippen LogP contribution in [-0.4, -0.2) is 30.9 Å². The number of nitrogens with one attached hydrogen (secondary N) is 2. The topological polar surface area (TPSA) is 70.6 Å². The number of amides is 2. The molecule has 5 heteroatoms. The molecule has 1 rings (SSSR count). The van der Waals surface area contributed by atoms with Crippen LogP contribution in [0.1, 0.15) is 25.5 Å². The Morgan fingerprint density at radius 1 is 1.50 bits per heavy atom. The maximum absolute atomic E-state index is 11.4. The molecule has 0 bridgehead atoms. The number of carbonyl (C=O) groups is 1. The van der Waals surface area contributed by atoms with Gasteiger partial charge < -0.3 is 20.5 Å². The predicted octanol–water partition coefficient (Wildman–Crippen LogP) is 1.44. The van der Waals surface area contributed by atoms with E-state index in [1.54, 1.807) is 0 Å². The fraction of sp³-hybridized carbons (Fsp3) is 0.462. The van der Waals surface area contributed by atoms with Crippen molar-refractivity contribution in [1.82, 2.24) is 10.6 Å². The zero-order valence-corrected chi connectivity index (χ0v) is 10.8. The van der Waals surface area contributed by atoms with Crippen LogP contribution in [0.3, 0.4) is 0 Å². The summed E-state index contributed by atoms with van der Waals surface area (Å²) >= 11 is 0. The average Bonchev–Trinajstić information content (AvgIpc) is 2.37. The number of carbonyl (C=O) groups excluding carboxylic acids is 1. The molecule has 1 atom stereocenters. The molecule has 0 aliphatic rings. The molecule has 0 spiro atoms. The molecule has 100 valence electrons. The molecule has 0 fully saturated rings. The molecule has 0 aliphatic carbocycles. The Balaban J connectivity index is 2.57. The van der Waals surface area contributed by atoms with Crippen molar-refractivity contribution in [2.75, 3.05) is 19.8 Å². The van der Waals surface area contributed by atoms with Crippen molar-refractivity contribution in [2.24, 2.45) is 0 Å². The normalized spacial score (nSPS) is 11.7. The third-order valence-electron chi connectivity index (χ3n) is 2.41. The van der Waals surface area contributed by atoms with Crippen LogP contribution in [0, 0.1) is 0 Å². The molecule has 0 radical (unpaired) electrons. The number of aliphatic hydroxyl groups is 1. The highest BCUT2D eigenvalue weighted by Gasteiger charge is 2.09. The Hall–Kier alpha value is -1.75. The van der Waals surface area contributed by atoms with E-state index in [2.05, 4.69) is 10.6 Å². The lowest BCUT2D eigenvalue weighted by molar-refractivity contribution is 0.231. The van der Waals surface area contributed by atoms with Gasteiger partial charge in [0.25, 0.3) is 0 Å². The Morgan fingerprint density at radius 3 is 2.94 bits per heavy atom. The highest BCUT2D eigenvalue weighted by molar-refractivity contribution is 5.74. The van der Waals surface area contributed by atoms with Gasteiger partial charge in [0.1, 0.15) is 5.75 Å². The number of rotatable bonds is 6. The van der Waals surface area contributed by atoms with Gasteiger partial charge in [0.2, 0.25) is 0 Å². The van der Waals surface area contributed by atoms with Crippen LogP contribution in [0.5, 0.6) is 5.75 Å². The van der Waals surface area contributed by atoms with Gasteiger partial charge in [-0.2, -0.15) is 0 Å². The van der Waals surface area contributed by atoms with Crippen LogP contribution in [0.2, 0.25) is 0 Å². The second-order valence-electron chi connectivity index (χ2n) is 3.85. The summed E-state index contributed by atoms with van der Waals surface area (Å²) in [4.78, 5) is 11.4. The van der Waals surface area contributed by atoms with Crippen molar-refractivity contribution in [1.29, 1.82) is 0 Å². The zero-order chi connectivity index (χ0) is 13.4. The van der Waals surface area contributed by atoms with E-state index in [9.17, 15) is 4.79 Å². The molecular formula is C13H20N2O3. The summed E-state index contributed by atoms with van der Waals surface area (Å²) in [5.74, 6) is 0.791. The van der Waals surface area contributed by atoms with E-state index in [-0.39, 0.29) is 25.2 Å². The summed E-state index contributed by atoms with van der Waals surface area (Å²) in [6, 6.07) is 7.19. The number of aliphatic hydroxyl groups excluding tert-OH is 1. The van der Waals surface area contributed by atoms with Gasteiger partial charge in [0.15, 0.2) is 0 Å². The number of benzene rings is 1. The minimum atomic E-state index is -0.293. The van der Waals surface area contributed by atoms with E-state index in [0.29, 0.717) is 6.61 Å². The molecule has 0 aromatic heterocycles. The zero-order valence-electron chi connectivity index (χ0n) is 10.8. The third-order valence-corrected chi connectivity index (χ3v) is 2.41. The monoisotopic (exact) mass is 252 g/mol. The smallest absolute Gasteiger partial charge is 0.315 e. The van der Waals surface area contributed by atoms with Crippen LogP contribution in [0.15, 0.2) is 24.3 Å². The number of hydrogen-bond donors (Lipinski definition) is 3. The first-order chi connectivity index (χ1) is 8.67. The maximum Gasteiger partial charge on any atom is 0.315 e. The van der Waals surface area contributed by atoms with Crippen LogP contribution < -0.4 is 15.4 Å². The third kappa shape index (κ3) is 4.63. The molecular weight excluding hydrogens is 232 g/mol. The molecule has 0 saturated carbocycles. The highest BCUT2D eigenvalue weighted by atomic mass is 16.5. The SMILES string of the molecule is CCOc1cccc(C(C)NC(=O)NCCO)c1. The van der Waals surface area contributed by atoms with Crippen molar-refractivity contribution in [3.8, 4) is 5.75 Å². The van der Waals surface area contributed by atoms with E-state index < -0.39 is 0 Å². The Labute approximate surface area is 107 Å². The van der Waals surface area contributed by atoms with Gasteiger partial charge in [-0.05, 0) is 31.5 Å². The predicted molar refractivity (Wildman–Crippen MR) is 69.6 cm³/mol. The van der Waals surface area contributed by atoms with Gasteiger partial charge in [-0.25, -0.2) is 4.79 Å². The number of ether oxygens (including phenoxy) is 1. The van der Waals surface area contributed by atoms with Crippen molar-refractivity contribution >= 4 is 6.03 Å². The largest absolute Gasteiger partial charge is 0.494 e. The first-order valence-corrected chi connectivity index (χ1v) is 6.05. The molecule has 0 heterocycles. The molecule has 1 aromatic rings. The lowest BCUT2D eigenvalue weighted by atomic mass is 10.1. The fourth-order valence-electron chi connectivity index (χ4n) is 1.54. The second kappa shape index (κ2) is 7.55. The average molecular weight is 252 g/mol. The van der Waals surface area contributed by atoms with E-state index >= 15 is 0 Å². The summed E-state index contributed by atoms with van der Waals surface area (Å²) in [6.07, 6.45) is 0. The Morgan fingerprint density at radius 2 is 2.28 bits per heavy atom. The Bertz CT molecular complexity index is 382. The van der Waals surface area contributed by atoms with Gasteiger partial charge in [0.05, 0.1) is 19.3 Å². The van der Waals surface area contributed by atoms with Gasteiger partial charge >= 0.3 is 6.03 Å². The lowest BCUT2D eigenvalue weighted by Crippen LogP contribution is -2.38. The van der Waals surface area contributed by atoms with Crippen molar-refractivity contribution in [2.45, 2.75) is 19.9 Å². The van der Waals surface area contributed by atoms with Gasteiger partial charge in [-0.1, -0.05) is 12.1 Å². The molecule has 3 N–H and O–H groups in total. The number of urea groups is 1. The molecule has 1 unspecified atom stereocenters. The molecule has 0 saturated heterocycles. The quantitative estimate of drug-likeness (QED) is 0.717. The molecule has 1 aromatic carbocycles. The van der Waals surface area contributed by atoms with Gasteiger partial charge in [-0.3, -0.25) is 0 Å². The van der Waals surface area contributed by atoms with Crippen molar-refractivity contribution in [3.05, 3.63) is 29.8 Å². The minimum absolute atomic E-state index is 0.0678. The van der Waals surface area contributed by atoms with Crippen LogP contribution >= 0.6 is 0 Å². The van der Waals surface area contributed by atoms with E-state index in [0.717, 1.165) is 11.3 Å². The summed E-state index contributed by atoms with van der Waals surface area (Å²) in [5.41, 5.74) is 0.972. The van der Waals surface area contributed by atoms with E-state index in [1.165, 1.54) is 0 Å². The van der Waals surface area contributed by atoms with E-state index in [4.69, 9.17) is 9.84 Å². The summed E-state index contributed by atoms with van der Waals surface area (Å²) in [6.45, 7) is 4.61. The maximum atomic E-state index is 11.4. The van der Waals surface area contributed by atoms with Crippen LogP contribution in [0.4, 0.5) is 4.79 Å². The standard InChI is InChI=1S/C13H20N2O3/c1-3-18-12-6-4-5-11(9-12)10(2)15-13(17)14-7-8-16/h4-6,9-10,16H,3,7-8H2,1-2H3,(H2,14,15,17). The molecule has 5 nitrogen and oxygen atoms in total. The molecule has 0 aliphatic heterocycles. The summed E-state index contributed by atoms with van der Waals surface area (Å²) < 4.78 is 5.41. The highest BCUT2D eigenvalue weighted by Crippen LogP contribution is 2.18. The molecule has 18 heavy (non-hydrogen) atoms. The summed E-state index contributed by atoms with van der Waals surface area (Å²) in [5, 5.41) is 13.9. The van der Waals surface area contributed by atoms with Gasteiger partial charge in [-0.15, -0.1) is 0 Å². The van der Waals surface area contributed by atoms with Crippen molar-refractivity contribution < 1.29 is 14.6 Å². The number of hydrogen-bond acceptors (Lipinski definition) is 3. The van der Waals surface area contributed by atoms with Gasteiger partial charge in [0, 0.05) is 6.54 Å². The minimum Gasteiger partial charge on any atom is -0.494 e. The fourth-order valence-corrected chi connectivity index (χ4v) is 1.54. The second-order valence-corrected chi connectivity index (χ2v) is 3.85. The van der Waals surface area contributed by atoms with E-state index in [1.807, 2.05) is 38.1 Å². The van der Waals surface area contributed by atoms with Crippen molar-refractivity contribution in [3.63, 3.8) is 0 Å². The summed E-state index contributed by atoms with van der Waals surface area (Å²) in [7, 11) is 0. The first-order valence-electron chi connectivity index (χ1n) is 6.05.